The van der Waals surface area contributed by atoms with Crippen LogP contribution in [0.5, 0.6) is 5.75 Å². The molecule has 0 spiro atoms. The highest BCUT2D eigenvalue weighted by Gasteiger charge is 2.43. The molecule has 0 bridgehead atoms. The molecule has 0 aliphatic carbocycles. The molecule has 150 valence electrons. The molecule has 4 nitrogen and oxygen atoms in total. The second-order valence-electron chi connectivity index (χ2n) is 6.97. The van der Waals surface area contributed by atoms with Gasteiger partial charge in [0.05, 0.1) is 0 Å². The molecule has 1 aromatic rings. The Hall–Kier alpha value is -2.75. The Morgan fingerprint density at radius 3 is 2.39 bits per heavy atom. The second-order valence-corrected chi connectivity index (χ2v) is 6.97. The fourth-order valence-corrected chi connectivity index (χ4v) is 3.30. The number of rotatable bonds is 9. The summed E-state index contributed by atoms with van der Waals surface area (Å²) in [4.78, 5) is 12.3. The zero-order valence-electron chi connectivity index (χ0n) is 17.3. The van der Waals surface area contributed by atoms with E-state index in [9.17, 15) is 4.79 Å². The molecule has 0 amide bonds. The van der Waals surface area contributed by atoms with E-state index >= 15 is 0 Å². The molecule has 1 aliphatic heterocycles. The monoisotopic (exact) mass is 382 g/mol. The molecule has 28 heavy (non-hydrogen) atoms. The van der Waals surface area contributed by atoms with E-state index in [0.717, 1.165) is 34.4 Å². The predicted molar refractivity (Wildman–Crippen MR) is 113 cm³/mol. The van der Waals surface area contributed by atoms with E-state index in [4.69, 9.17) is 14.2 Å². The molecule has 1 atom stereocenters. The van der Waals surface area contributed by atoms with Crippen molar-refractivity contribution in [3.63, 3.8) is 0 Å². The van der Waals surface area contributed by atoms with Crippen LogP contribution in [0.2, 0.25) is 0 Å². The smallest absolute Gasteiger partial charge is 0.377 e. The standard InChI is InChI=1S/C24H30O4/c1-7-11-19(9-3)16-26-22-17(5)13-20(14-18(22)6)15-21-23(25)28-24(10-4,27-21)12-8-2/h7,9,11,13-15H,1,3,8,10,12,16H2,2,4-6H3/b19-11+,21-15+. The molecular formula is C24H30O4. The molecule has 0 aromatic heterocycles. The number of ether oxygens (including phenoxy) is 3. The summed E-state index contributed by atoms with van der Waals surface area (Å²) in [5.74, 6) is -0.159. The molecule has 0 saturated carbocycles. The number of hydrogen-bond acceptors (Lipinski definition) is 4. The first-order valence-electron chi connectivity index (χ1n) is 9.70. The van der Waals surface area contributed by atoms with E-state index in [2.05, 4.69) is 13.2 Å². The van der Waals surface area contributed by atoms with Crippen molar-refractivity contribution in [2.24, 2.45) is 0 Å². The maximum atomic E-state index is 12.3. The second kappa shape index (κ2) is 9.45. The topological polar surface area (TPSA) is 44.8 Å². The van der Waals surface area contributed by atoms with E-state index < -0.39 is 11.8 Å². The summed E-state index contributed by atoms with van der Waals surface area (Å²) in [7, 11) is 0. The average molecular weight is 383 g/mol. The number of carbonyl (C=O) groups excluding carboxylic acids is 1. The minimum Gasteiger partial charge on any atom is -0.488 e. The lowest BCUT2D eigenvalue weighted by molar-refractivity contribution is -0.175. The van der Waals surface area contributed by atoms with Crippen LogP contribution >= 0.6 is 0 Å². The van der Waals surface area contributed by atoms with Crippen LogP contribution in [0.1, 0.15) is 49.8 Å². The van der Waals surface area contributed by atoms with Crippen LogP contribution in [0.15, 0.2) is 54.9 Å². The van der Waals surface area contributed by atoms with E-state index in [1.807, 2.05) is 45.9 Å². The lowest BCUT2D eigenvalue weighted by Gasteiger charge is -2.23. The molecular weight excluding hydrogens is 352 g/mol. The number of cyclic esters (lactones) is 1. The summed E-state index contributed by atoms with van der Waals surface area (Å²) in [6, 6.07) is 3.95. The molecule has 1 unspecified atom stereocenters. The van der Waals surface area contributed by atoms with Crippen LogP contribution in [0.3, 0.4) is 0 Å². The van der Waals surface area contributed by atoms with Gasteiger partial charge in [-0.2, -0.15) is 0 Å². The number of aryl methyl sites for hydroxylation is 2. The molecule has 4 heteroatoms. The summed E-state index contributed by atoms with van der Waals surface area (Å²) in [5.41, 5.74) is 3.79. The van der Waals surface area contributed by atoms with Gasteiger partial charge in [-0.1, -0.05) is 45.2 Å². The summed E-state index contributed by atoms with van der Waals surface area (Å²) in [6.45, 7) is 15.9. The summed E-state index contributed by atoms with van der Waals surface area (Å²) in [5, 5.41) is 0. The Morgan fingerprint density at radius 1 is 1.18 bits per heavy atom. The largest absolute Gasteiger partial charge is 0.488 e. The third-order valence-corrected chi connectivity index (χ3v) is 4.70. The van der Waals surface area contributed by atoms with Crippen LogP contribution in [0, 0.1) is 13.8 Å². The van der Waals surface area contributed by atoms with Crippen molar-refractivity contribution in [2.45, 2.75) is 52.7 Å². The fraction of sp³-hybridized carbons (Fsp3) is 0.375. The summed E-state index contributed by atoms with van der Waals surface area (Å²) < 4.78 is 17.4. The van der Waals surface area contributed by atoms with E-state index in [1.165, 1.54) is 0 Å². The van der Waals surface area contributed by atoms with E-state index in [0.29, 0.717) is 19.4 Å². The van der Waals surface area contributed by atoms with Crippen molar-refractivity contribution in [1.29, 1.82) is 0 Å². The molecule has 2 rings (SSSR count). The quantitative estimate of drug-likeness (QED) is 0.307. The third kappa shape index (κ3) is 4.94. The van der Waals surface area contributed by atoms with Gasteiger partial charge in [0.2, 0.25) is 5.76 Å². The van der Waals surface area contributed by atoms with Gasteiger partial charge in [0.15, 0.2) is 0 Å². The van der Waals surface area contributed by atoms with Crippen LogP contribution in [0.4, 0.5) is 0 Å². The Bertz CT molecular complexity index is 793. The van der Waals surface area contributed by atoms with Gasteiger partial charge in [0.25, 0.3) is 5.79 Å². The van der Waals surface area contributed by atoms with Crippen LogP contribution < -0.4 is 4.74 Å². The van der Waals surface area contributed by atoms with Gasteiger partial charge >= 0.3 is 5.97 Å². The Kier molecular flexibility index (Phi) is 7.27. The van der Waals surface area contributed by atoms with Gasteiger partial charge < -0.3 is 14.2 Å². The molecule has 1 fully saturated rings. The molecule has 1 aromatic carbocycles. The average Bonchev–Trinajstić information content (AvgIpc) is 2.96. The number of hydrogen-bond donors (Lipinski definition) is 0. The third-order valence-electron chi connectivity index (χ3n) is 4.70. The van der Waals surface area contributed by atoms with Crippen molar-refractivity contribution in [2.75, 3.05) is 6.61 Å². The van der Waals surface area contributed by atoms with Crippen LogP contribution in [0.25, 0.3) is 6.08 Å². The van der Waals surface area contributed by atoms with Gasteiger partial charge in [-0.05, 0) is 60.7 Å². The van der Waals surface area contributed by atoms with Gasteiger partial charge in [-0.25, -0.2) is 4.79 Å². The first kappa shape index (κ1) is 21.5. The van der Waals surface area contributed by atoms with Crippen LogP contribution in [-0.4, -0.2) is 18.4 Å². The zero-order valence-corrected chi connectivity index (χ0v) is 17.3. The highest BCUT2D eigenvalue weighted by Crippen LogP contribution is 2.36. The molecule has 0 N–H and O–H groups in total. The maximum Gasteiger partial charge on any atom is 0.377 e. The van der Waals surface area contributed by atoms with E-state index in [1.54, 1.807) is 18.2 Å². The van der Waals surface area contributed by atoms with Crippen molar-refractivity contribution in [3.05, 3.63) is 71.5 Å². The van der Waals surface area contributed by atoms with Gasteiger partial charge in [-0.3, -0.25) is 0 Å². The minimum absolute atomic E-state index is 0.255. The normalized spacial score (nSPS) is 20.6. The molecule has 1 saturated heterocycles. The highest BCUT2D eigenvalue weighted by molar-refractivity contribution is 5.93. The predicted octanol–water partition coefficient (Wildman–Crippen LogP) is 5.80. The Labute approximate surface area is 168 Å². The van der Waals surface area contributed by atoms with E-state index in [-0.39, 0.29) is 5.76 Å². The Balaban J connectivity index is 2.23. The number of benzene rings is 1. The minimum atomic E-state index is -0.830. The molecule has 0 radical (unpaired) electrons. The van der Waals surface area contributed by atoms with Gasteiger partial charge in [0.1, 0.15) is 12.4 Å². The van der Waals surface area contributed by atoms with Crippen molar-refractivity contribution in [1.82, 2.24) is 0 Å². The van der Waals surface area contributed by atoms with Gasteiger partial charge in [-0.15, -0.1) is 0 Å². The van der Waals surface area contributed by atoms with Crippen molar-refractivity contribution in [3.8, 4) is 5.75 Å². The van der Waals surface area contributed by atoms with Crippen LogP contribution in [-0.2, 0) is 14.3 Å². The number of carbonyl (C=O) groups is 1. The first-order valence-corrected chi connectivity index (χ1v) is 9.70. The first-order chi connectivity index (χ1) is 13.4. The van der Waals surface area contributed by atoms with Crippen molar-refractivity contribution >= 4 is 12.0 Å². The number of allylic oxidation sites excluding steroid dienone is 2. The zero-order chi connectivity index (χ0) is 20.7. The van der Waals surface area contributed by atoms with Crippen molar-refractivity contribution < 1.29 is 19.0 Å². The molecule has 1 aliphatic rings. The highest BCUT2D eigenvalue weighted by atomic mass is 16.8. The molecule has 1 heterocycles. The summed E-state index contributed by atoms with van der Waals surface area (Å²) in [6.07, 6.45) is 9.27. The SMILES string of the molecule is C=C/C=C(\C=C)COc1c(C)cc(/C=C2/OC(CC)(CCC)OC2=O)cc1C. The fourth-order valence-electron chi connectivity index (χ4n) is 3.30. The maximum absolute atomic E-state index is 12.3. The van der Waals surface area contributed by atoms with Gasteiger partial charge in [0, 0.05) is 12.8 Å². The lowest BCUT2D eigenvalue weighted by Crippen LogP contribution is -2.28. The Morgan fingerprint density at radius 2 is 1.86 bits per heavy atom. The summed E-state index contributed by atoms with van der Waals surface area (Å²) >= 11 is 0. The number of esters is 1. The lowest BCUT2D eigenvalue weighted by atomic mass is 10.0.